The molecule has 0 amide bonds. The number of likely N-dealkylation sites (tertiary alicyclic amines) is 1. The van der Waals surface area contributed by atoms with Gasteiger partial charge in [0.15, 0.2) is 0 Å². The Kier molecular flexibility index (Phi) is 4.36. The molecule has 0 radical (unpaired) electrons. The van der Waals surface area contributed by atoms with Gasteiger partial charge in [-0.3, -0.25) is 14.3 Å². The highest BCUT2D eigenvalue weighted by Gasteiger charge is 2.26. The van der Waals surface area contributed by atoms with E-state index in [-0.39, 0.29) is 6.10 Å². The molecule has 6 heteroatoms. The van der Waals surface area contributed by atoms with Crippen molar-refractivity contribution in [3.63, 3.8) is 0 Å². The molecule has 1 aliphatic rings. The van der Waals surface area contributed by atoms with Crippen LogP contribution in [-0.2, 0) is 13.1 Å². The topological polar surface area (TPSA) is 59.1 Å². The second kappa shape index (κ2) is 6.41. The van der Waals surface area contributed by atoms with E-state index in [1.165, 1.54) is 18.4 Å². The standard InChI is InChI=1S/C15H23N5O/c1-13-8-17-20(9-13)10-14-4-2-6-18(14)11-15(21)12-19-7-3-5-16-19/h3,5,7-9,14-15,21H,2,4,6,10-12H2,1H3/t14-,15+/m0/s1. The summed E-state index contributed by atoms with van der Waals surface area (Å²) in [5, 5.41) is 18.8. The van der Waals surface area contributed by atoms with Crippen molar-refractivity contribution in [2.45, 2.75) is 45.0 Å². The van der Waals surface area contributed by atoms with Crippen molar-refractivity contribution in [3.8, 4) is 0 Å². The Morgan fingerprint density at radius 2 is 2.24 bits per heavy atom. The largest absolute Gasteiger partial charge is 0.390 e. The molecule has 114 valence electrons. The molecule has 3 rings (SSSR count). The molecule has 0 unspecified atom stereocenters. The summed E-state index contributed by atoms with van der Waals surface area (Å²) in [7, 11) is 0. The number of β-amino-alcohol motifs (C(OH)–C–C–N with tert-alkyl or cyclic N) is 1. The molecule has 6 nitrogen and oxygen atoms in total. The smallest absolute Gasteiger partial charge is 0.0862 e. The zero-order chi connectivity index (χ0) is 14.7. The summed E-state index contributed by atoms with van der Waals surface area (Å²) in [6.45, 7) is 5.27. The molecule has 0 spiro atoms. The third kappa shape index (κ3) is 3.71. The maximum Gasteiger partial charge on any atom is 0.0862 e. The summed E-state index contributed by atoms with van der Waals surface area (Å²) >= 11 is 0. The lowest BCUT2D eigenvalue weighted by Gasteiger charge is -2.26. The SMILES string of the molecule is Cc1cnn(C[C@@H]2CCCN2C[C@@H](O)Cn2cccn2)c1. The fourth-order valence-electron chi connectivity index (χ4n) is 3.08. The van der Waals surface area contributed by atoms with Crippen LogP contribution in [0.1, 0.15) is 18.4 Å². The number of aliphatic hydroxyl groups is 1. The van der Waals surface area contributed by atoms with Gasteiger partial charge in [0.1, 0.15) is 0 Å². The highest BCUT2D eigenvalue weighted by molar-refractivity contribution is 4.99. The third-order valence-corrected chi connectivity index (χ3v) is 4.06. The molecule has 1 fully saturated rings. The van der Waals surface area contributed by atoms with Crippen molar-refractivity contribution in [1.82, 2.24) is 24.5 Å². The number of aliphatic hydroxyl groups excluding tert-OH is 1. The van der Waals surface area contributed by atoms with Gasteiger partial charge in [0.05, 0.1) is 25.4 Å². The second-order valence-corrected chi connectivity index (χ2v) is 5.91. The summed E-state index contributed by atoms with van der Waals surface area (Å²) in [6, 6.07) is 2.35. The van der Waals surface area contributed by atoms with Crippen LogP contribution in [0.5, 0.6) is 0 Å². The molecular formula is C15H23N5O. The van der Waals surface area contributed by atoms with E-state index in [2.05, 4.69) is 28.2 Å². The maximum absolute atomic E-state index is 10.2. The first-order valence-electron chi connectivity index (χ1n) is 7.59. The molecule has 1 N–H and O–H groups in total. The lowest BCUT2D eigenvalue weighted by molar-refractivity contribution is 0.0847. The van der Waals surface area contributed by atoms with E-state index in [4.69, 9.17) is 0 Å². The van der Waals surface area contributed by atoms with Gasteiger partial charge >= 0.3 is 0 Å². The lowest BCUT2D eigenvalue weighted by atomic mass is 10.2. The lowest BCUT2D eigenvalue weighted by Crippen LogP contribution is -2.40. The molecule has 2 atom stereocenters. The van der Waals surface area contributed by atoms with Crippen LogP contribution in [0, 0.1) is 6.92 Å². The molecule has 21 heavy (non-hydrogen) atoms. The van der Waals surface area contributed by atoms with Crippen molar-refractivity contribution < 1.29 is 5.11 Å². The number of aromatic nitrogens is 4. The number of aryl methyl sites for hydroxylation is 1. The molecule has 1 aliphatic heterocycles. The number of hydrogen-bond acceptors (Lipinski definition) is 4. The number of hydrogen-bond donors (Lipinski definition) is 1. The Balaban J connectivity index is 1.54. The van der Waals surface area contributed by atoms with Gasteiger partial charge in [-0.1, -0.05) is 0 Å². The van der Waals surface area contributed by atoms with Gasteiger partial charge in [-0.15, -0.1) is 0 Å². The Hall–Kier alpha value is -1.66. The molecule has 2 aromatic rings. The van der Waals surface area contributed by atoms with E-state index >= 15 is 0 Å². The Morgan fingerprint density at radius 3 is 2.95 bits per heavy atom. The summed E-state index contributed by atoms with van der Waals surface area (Å²) in [4.78, 5) is 2.38. The highest BCUT2D eigenvalue weighted by Crippen LogP contribution is 2.19. The van der Waals surface area contributed by atoms with Crippen LogP contribution in [0.4, 0.5) is 0 Å². The van der Waals surface area contributed by atoms with E-state index in [0.717, 1.165) is 13.1 Å². The second-order valence-electron chi connectivity index (χ2n) is 5.91. The van der Waals surface area contributed by atoms with Gasteiger partial charge in [0, 0.05) is 31.2 Å². The zero-order valence-electron chi connectivity index (χ0n) is 12.5. The van der Waals surface area contributed by atoms with Crippen LogP contribution in [0.25, 0.3) is 0 Å². The minimum atomic E-state index is -0.384. The first kappa shape index (κ1) is 14.3. The molecule has 0 saturated carbocycles. The average Bonchev–Trinajstić information content (AvgIpc) is 3.15. The first-order chi connectivity index (χ1) is 10.2. The average molecular weight is 289 g/mol. The number of nitrogens with zero attached hydrogens (tertiary/aromatic N) is 5. The molecule has 2 aromatic heterocycles. The van der Waals surface area contributed by atoms with Gasteiger partial charge in [0.25, 0.3) is 0 Å². The van der Waals surface area contributed by atoms with E-state index in [9.17, 15) is 5.11 Å². The van der Waals surface area contributed by atoms with Crippen molar-refractivity contribution >= 4 is 0 Å². The molecule has 0 aliphatic carbocycles. The Labute approximate surface area is 125 Å². The molecular weight excluding hydrogens is 266 g/mol. The van der Waals surface area contributed by atoms with E-state index < -0.39 is 0 Å². The summed E-state index contributed by atoms with van der Waals surface area (Å²) in [6.07, 6.45) is 9.59. The van der Waals surface area contributed by atoms with Crippen molar-refractivity contribution in [2.75, 3.05) is 13.1 Å². The van der Waals surface area contributed by atoms with Gasteiger partial charge in [-0.25, -0.2) is 0 Å². The molecule has 0 bridgehead atoms. The Bertz CT molecular complexity index is 550. The predicted molar refractivity (Wildman–Crippen MR) is 79.8 cm³/mol. The van der Waals surface area contributed by atoms with E-state index in [1.54, 1.807) is 10.9 Å². The fourth-order valence-corrected chi connectivity index (χ4v) is 3.08. The van der Waals surface area contributed by atoms with E-state index in [1.807, 2.05) is 23.1 Å². The van der Waals surface area contributed by atoms with Gasteiger partial charge in [-0.2, -0.15) is 10.2 Å². The third-order valence-electron chi connectivity index (χ3n) is 4.06. The molecule has 3 heterocycles. The fraction of sp³-hybridized carbons (Fsp3) is 0.600. The predicted octanol–water partition coefficient (Wildman–Crippen LogP) is 0.914. The first-order valence-corrected chi connectivity index (χ1v) is 7.59. The molecule has 1 saturated heterocycles. The minimum absolute atomic E-state index is 0.384. The van der Waals surface area contributed by atoms with Crippen LogP contribution in [0.3, 0.4) is 0 Å². The minimum Gasteiger partial charge on any atom is -0.390 e. The van der Waals surface area contributed by atoms with Crippen LogP contribution in [0.2, 0.25) is 0 Å². The normalized spacial score (nSPS) is 21.0. The van der Waals surface area contributed by atoms with Crippen LogP contribution in [0.15, 0.2) is 30.9 Å². The summed E-state index contributed by atoms with van der Waals surface area (Å²) in [5.41, 5.74) is 1.19. The molecule has 0 aromatic carbocycles. The highest BCUT2D eigenvalue weighted by atomic mass is 16.3. The van der Waals surface area contributed by atoms with Gasteiger partial charge in [-0.05, 0) is 37.9 Å². The Morgan fingerprint density at radius 1 is 1.33 bits per heavy atom. The van der Waals surface area contributed by atoms with Gasteiger partial charge < -0.3 is 5.11 Å². The number of rotatable bonds is 6. The van der Waals surface area contributed by atoms with Crippen LogP contribution in [-0.4, -0.2) is 54.8 Å². The summed E-state index contributed by atoms with van der Waals surface area (Å²) in [5.74, 6) is 0. The van der Waals surface area contributed by atoms with Crippen molar-refractivity contribution in [1.29, 1.82) is 0 Å². The quantitative estimate of drug-likeness (QED) is 0.859. The summed E-state index contributed by atoms with van der Waals surface area (Å²) < 4.78 is 3.80. The van der Waals surface area contributed by atoms with Crippen LogP contribution < -0.4 is 0 Å². The zero-order valence-corrected chi connectivity index (χ0v) is 12.5. The van der Waals surface area contributed by atoms with E-state index in [0.29, 0.717) is 19.1 Å². The van der Waals surface area contributed by atoms with Gasteiger partial charge in [0.2, 0.25) is 0 Å². The van der Waals surface area contributed by atoms with Crippen molar-refractivity contribution in [3.05, 3.63) is 36.4 Å². The van der Waals surface area contributed by atoms with Crippen LogP contribution >= 0.6 is 0 Å². The maximum atomic E-state index is 10.2. The van der Waals surface area contributed by atoms with Crippen molar-refractivity contribution in [2.24, 2.45) is 0 Å². The monoisotopic (exact) mass is 289 g/mol.